The summed E-state index contributed by atoms with van der Waals surface area (Å²) in [7, 11) is 0. The summed E-state index contributed by atoms with van der Waals surface area (Å²) >= 11 is 0. The molecule has 2 aromatic rings. The lowest BCUT2D eigenvalue weighted by Gasteiger charge is -2.27. The van der Waals surface area contributed by atoms with E-state index in [1.807, 2.05) is 4.57 Å². The first-order valence-corrected chi connectivity index (χ1v) is 7.35. The molecule has 110 valence electrons. The van der Waals surface area contributed by atoms with Crippen LogP contribution in [0.15, 0.2) is 10.9 Å². The van der Waals surface area contributed by atoms with Gasteiger partial charge in [0.25, 0.3) is 5.91 Å². The van der Waals surface area contributed by atoms with Gasteiger partial charge in [-0.15, -0.1) is 10.2 Å². The van der Waals surface area contributed by atoms with Gasteiger partial charge in [-0.3, -0.25) is 4.79 Å². The lowest BCUT2D eigenvalue weighted by atomic mass is 9.88. The molecule has 1 aliphatic heterocycles. The van der Waals surface area contributed by atoms with Crippen molar-refractivity contribution < 1.29 is 9.32 Å². The Hall–Kier alpha value is -2.18. The number of amides is 1. The van der Waals surface area contributed by atoms with Crippen LogP contribution in [0.1, 0.15) is 41.0 Å². The van der Waals surface area contributed by atoms with Gasteiger partial charge in [0.05, 0.1) is 6.54 Å². The van der Waals surface area contributed by atoms with Crippen molar-refractivity contribution in [3.63, 3.8) is 0 Å². The van der Waals surface area contributed by atoms with Crippen LogP contribution in [0, 0.1) is 5.92 Å². The predicted molar refractivity (Wildman–Crippen MR) is 72.5 cm³/mol. The number of carbonyl (C=O) groups is 1. The van der Waals surface area contributed by atoms with Crippen molar-refractivity contribution in [3.05, 3.63) is 29.2 Å². The maximum Gasteiger partial charge on any atom is 0.276 e. The van der Waals surface area contributed by atoms with Gasteiger partial charge >= 0.3 is 0 Å². The van der Waals surface area contributed by atoms with Crippen LogP contribution >= 0.6 is 0 Å². The highest BCUT2D eigenvalue weighted by Gasteiger charge is 2.31. The Balaban J connectivity index is 1.60. The number of hydrogen-bond acceptors (Lipinski definition) is 5. The third-order valence-corrected chi connectivity index (χ3v) is 4.41. The molecule has 1 amide bonds. The summed E-state index contributed by atoms with van der Waals surface area (Å²) in [6.45, 7) is 4.06. The molecule has 21 heavy (non-hydrogen) atoms. The molecule has 7 heteroatoms. The third-order valence-electron chi connectivity index (χ3n) is 4.41. The van der Waals surface area contributed by atoms with Gasteiger partial charge in [0.2, 0.25) is 0 Å². The van der Waals surface area contributed by atoms with Crippen molar-refractivity contribution in [2.75, 3.05) is 6.54 Å². The Morgan fingerprint density at radius 2 is 2.33 bits per heavy atom. The second kappa shape index (κ2) is 4.68. The quantitative estimate of drug-likeness (QED) is 0.783. The summed E-state index contributed by atoms with van der Waals surface area (Å²) in [5, 5.41) is 12.0. The lowest BCUT2D eigenvalue weighted by Crippen LogP contribution is -2.39. The summed E-state index contributed by atoms with van der Waals surface area (Å²) in [6, 6.07) is 0. The van der Waals surface area contributed by atoms with Crippen molar-refractivity contribution in [2.24, 2.45) is 5.92 Å². The molecule has 2 aliphatic rings. The summed E-state index contributed by atoms with van der Waals surface area (Å²) in [4.78, 5) is 14.5. The largest absolute Gasteiger partial charge is 0.360 e. The normalized spacial score (nSPS) is 21.0. The Morgan fingerprint density at radius 1 is 1.43 bits per heavy atom. The van der Waals surface area contributed by atoms with Crippen molar-refractivity contribution in [2.45, 2.75) is 39.3 Å². The van der Waals surface area contributed by atoms with Gasteiger partial charge < -0.3 is 14.0 Å². The SMILES string of the molecule is CC1CCc2onc(C(=O)N3CCn4cnnc4C3)c2C1. The van der Waals surface area contributed by atoms with Gasteiger partial charge in [0.1, 0.15) is 12.1 Å². The van der Waals surface area contributed by atoms with Crippen LogP contribution in [0.2, 0.25) is 0 Å². The second-order valence-corrected chi connectivity index (χ2v) is 5.95. The van der Waals surface area contributed by atoms with E-state index in [2.05, 4.69) is 22.3 Å². The van der Waals surface area contributed by atoms with Crippen molar-refractivity contribution in [1.29, 1.82) is 0 Å². The number of aromatic nitrogens is 4. The molecule has 4 rings (SSSR count). The van der Waals surface area contributed by atoms with E-state index < -0.39 is 0 Å². The number of carbonyl (C=O) groups excluding carboxylic acids is 1. The Kier molecular flexibility index (Phi) is 2.80. The van der Waals surface area contributed by atoms with Gasteiger partial charge in [-0.05, 0) is 18.8 Å². The van der Waals surface area contributed by atoms with E-state index in [0.717, 1.165) is 43.0 Å². The zero-order chi connectivity index (χ0) is 14.4. The molecule has 1 atom stereocenters. The summed E-state index contributed by atoms with van der Waals surface area (Å²) < 4.78 is 7.35. The van der Waals surface area contributed by atoms with Crippen LogP contribution < -0.4 is 0 Å². The first-order valence-electron chi connectivity index (χ1n) is 7.35. The van der Waals surface area contributed by atoms with Gasteiger partial charge in [-0.2, -0.15) is 0 Å². The topological polar surface area (TPSA) is 77.0 Å². The highest BCUT2D eigenvalue weighted by Crippen LogP contribution is 2.28. The standard InChI is InChI=1S/C14H17N5O2/c1-9-2-3-11-10(6-9)13(17-21-11)14(20)18-4-5-19-8-15-16-12(19)7-18/h8-9H,2-7H2,1H3. The molecule has 1 aliphatic carbocycles. The van der Waals surface area contributed by atoms with E-state index in [4.69, 9.17) is 4.52 Å². The van der Waals surface area contributed by atoms with E-state index in [9.17, 15) is 4.79 Å². The molecule has 3 heterocycles. The number of nitrogens with zero attached hydrogens (tertiary/aromatic N) is 5. The molecule has 1 unspecified atom stereocenters. The van der Waals surface area contributed by atoms with E-state index in [1.165, 1.54) is 0 Å². The molecule has 0 radical (unpaired) electrons. The smallest absolute Gasteiger partial charge is 0.276 e. The van der Waals surface area contributed by atoms with Gasteiger partial charge in [0, 0.05) is 25.1 Å². The van der Waals surface area contributed by atoms with Crippen molar-refractivity contribution in [1.82, 2.24) is 24.8 Å². The van der Waals surface area contributed by atoms with E-state index in [1.54, 1.807) is 11.2 Å². The van der Waals surface area contributed by atoms with Gasteiger partial charge in [-0.1, -0.05) is 12.1 Å². The predicted octanol–water partition coefficient (Wildman–Crippen LogP) is 1.05. The summed E-state index contributed by atoms with van der Waals surface area (Å²) in [6.07, 6.45) is 4.56. The Morgan fingerprint density at radius 3 is 3.24 bits per heavy atom. The fraction of sp³-hybridized carbons (Fsp3) is 0.571. The van der Waals surface area contributed by atoms with E-state index in [0.29, 0.717) is 24.7 Å². The highest BCUT2D eigenvalue weighted by atomic mass is 16.5. The molecular formula is C14H17N5O2. The molecular weight excluding hydrogens is 270 g/mol. The number of rotatable bonds is 1. The summed E-state index contributed by atoms with van der Waals surface area (Å²) in [5.74, 6) is 2.23. The van der Waals surface area contributed by atoms with Gasteiger partial charge in [0.15, 0.2) is 11.5 Å². The average molecular weight is 287 g/mol. The third kappa shape index (κ3) is 2.03. The van der Waals surface area contributed by atoms with E-state index in [-0.39, 0.29) is 5.91 Å². The molecule has 0 spiro atoms. The zero-order valence-electron chi connectivity index (χ0n) is 11.9. The summed E-state index contributed by atoms with van der Waals surface area (Å²) in [5.41, 5.74) is 1.50. The zero-order valence-corrected chi connectivity index (χ0v) is 11.9. The van der Waals surface area contributed by atoms with Crippen LogP contribution in [0.4, 0.5) is 0 Å². The van der Waals surface area contributed by atoms with E-state index >= 15 is 0 Å². The van der Waals surface area contributed by atoms with Crippen molar-refractivity contribution in [3.8, 4) is 0 Å². The highest BCUT2D eigenvalue weighted by molar-refractivity contribution is 5.94. The fourth-order valence-corrected chi connectivity index (χ4v) is 3.14. The maximum absolute atomic E-state index is 12.7. The molecule has 0 saturated carbocycles. The number of fused-ring (bicyclic) bond motifs is 2. The first kappa shape index (κ1) is 12.6. The monoisotopic (exact) mass is 287 g/mol. The fourth-order valence-electron chi connectivity index (χ4n) is 3.14. The second-order valence-electron chi connectivity index (χ2n) is 5.95. The average Bonchev–Trinajstić information content (AvgIpc) is 3.11. The molecule has 7 nitrogen and oxygen atoms in total. The molecule has 0 saturated heterocycles. The van der Waals surface area contributed by atoms with Crippen molar-refractivity contribution >= 4 is 5.91 Å². The molecule has 0 bridgehead atoms. The first-order chi connectivity index (χ1) is 10.2. The minimum absolute atomic E-state index is 0.0525. The minimum Gasteiger partial charge on any atom is -0.360 e. The van der Waals surface area contributed by atoms with Gasteiger partial charge in [-0.25, -0.2) is 0 Å². The minimum atomic E-state index is -0.0525. The number of hydrogen-bond donors (Lipinski definition) is 0. The molecule has 0 N–H and O–H groups in total. The van der Waals surface area contributed by atoms with Crippen LogP contribution in [0.3, 0.4) is 0 Å². The molecule has 0 aromatic carbocycles. The number of aryl methyl sites for hydroxylation is 1. The maximum atomic E-state index is 12.7. The van der Waals surface area contributed by atoms with Crippen LogP contribution in [-0.4, -0.2) is 37.3 Å². The lowest BCUT2D eigenvalue weighted by molar-refractivity contribution is 0.0696. The van der Waals surface area contributed by atoms with Crippen LogP contribution in [0.25, 0.3) is 0 Å². The van der Waals surface area contributed by atoms with Crippen LogP contribution in [0.5, 0.6) is 0 Å². The Labute approximate surface area is 121 Å². The Bertz CT molecular complexity index is 689. The van der Waals surface area contributed by atoms with Crippen LogP contribution in [-0.2, 0) is 25.9 Å². The molecule has 0 fully saturated rings. The molecule has 2 aromatic heterocycles.